The number of rotatable bonds is 7. The average molecular weight is 307 g/mol. The lowest BCUT2D eigenvalue weighted by molar-refractivity contribution is 0.254. The molecule has 0 bridgehead atoms. The van der Waals surface area contributed by atoms with Crippen LogP contribution in [0.2, 0.25) is 0 Å². The molecule has 1 N–H and O–H groups in total. The fraction of sp³-hybridized carbons (Fsp3) is 0.647. The summed E-state index contributed by atoms with van der Waals surface area (Å²) in [6, 6.07) is 4.33. The fourth-order valence-electron chi connectivity index (χ4n) is 2.93. The molecular weight excluding hydrogens is 282 g/mol. The molecule has 1 fully saturated rings. The van der Waals surface area contributed by atoms with Crippen molar-refractivity contribution in [3.05, 3.63) is 23.3 Å². The van der Waals surface area contributed by atoms with Crippen molar-refractivity contribution in [3.8, 4) is 11.5 Å². The van der Waals surface area contributed by atoms with Crippen LogP contribution >= 0.6 is 11.8 Å². The predicted octanol–water partition coefficient (Wildman–Crippen LogP) is 3.39. The van der Waals surface area contributed by atoms with Crippen molar-refractivity contribution in [1.29, 1.82) is 0 Å². The average Bonchev–Trinajstić information content (AvgIpc) is 3.15. The molecule has 0 aromatic heterocycles. The third-order valence-corrected chi connectivity index (χ3v) is 5.80. The molecule has 1 aliphatic heterocycles. The number of nitrogens with one attached hydrogen (secondary N) is 1. The normalized spacial score (nSPS) is 21.8. The number of thioether (sulfide) groups is 1. The summed E-state index contributed by atoms with van der Waals surface area (Å²) in [7, 11) is 0. The molecule has 1 aromatic carbocycles. The lowest BCUT2D eigenvalue weighted by Gasteiger charge is -2.16. The highest BCUT2D eigenvalue weighted by Gasteiger charge is 2.41. The first kappa shape index (κ1) is 15.0. The molecule has 1 atom stereocenters. The van der Waals surface area contributed by atoms with Crippen molar-refractivity contribution in [2.75, 3.05) is 19.4 Å². The Labute approximate surface area is 131 Å². The highest BCUT2D eigenvalue weighted by molar-refractivity contribution is 8.00. The summed E-state index contributed by atoms with van der Waals surface area (Å²) in [5.41, 5.74) is 2.49. The van der Waals surface area contributed by atoms with E-state index in [-0.39, 0.29) is 6.10 Å². The first-order valence-corrected chi connectivity index (χ1v) is 9.09. The van der Waals surface area contributed by atoms with Crippen LogP contribution in [0.3, 0.4) is 0 Å². The molecule has 21 heavy (non-hydrogen) atoms. The molecule has 1 aromatic rings. The highest BCUT2D eigenvalue weighted by Crippen LogP contribution is 2.46. The van der Waals surface area contributed by atoms with Crippen molar-refractivity contribution in [2.45, 2.75) is 50.5 Å². The molecule has 0 radical (unpaired) electrons. The Bertz CT molecular complexity index is 514. The molecular formula is C17H25NO2S. The van der Waals surface area contributed by atoms with Crippen molar-refractivity contribution < 1.29 is 9.47 Å². The van der Waals surface area contributed by atoms with Gasteiger partial charge in [-0.25, -0.2) is 0 Å². The third kappa shape index (κ3) is 3.32. The minimum Gasteiger partial charge on any atom is -0.494 e. The molecule has 0 amide bonds. The van der Waals surface area contributed by atoms with Gasteiger partial charge in [-0.1, -0.05) is 0 Å². The van der Waals surface area contributed by atoms with Gasteiger partial charge < -0.3 is 14.8 Å². The van der Waals surface area contributed by atoms with Crippen molar-refractivity contribution >= 4 is 11.8 Å². The molecule has 1 saturated carbocycles. The Balaban J connectivity index is 1.69. The largest absolute Gasteiger partial charge is 0.494 e. The summed E-state index contributed by atoms with van der Waals surface area (Å²) < 4.78 is 12.2. The maximum atomic E-state index is 5.87. The van der Waals surface area contributed by atoms with Gasteiger partial charge in [0.25, 0.3) is 0 Å². The van der Waals surface area contributed by atoms with Crippen LogP contribution in [0.4, 0.5) is 0 Å². The smallest absolute Gasteiger partial charge is 0.124 e. The second kappa shape index (κ2) is 6.09. The minimum atomic E-state index is 0.281. The van der Waals surface area contributed by atoms with E-state index in [2.05, 4.69) is 30.6 Å². The molecule has 2 aliphatic rings. The van der Waals surface area contributed by atoms with Crippen LogP contribution in [0.5, 0.6) is 11.5 Å². The zero-order valence-electron chi connectivity index (χ0n) is 13.2. The Hall–Kier alpha value is -0.870. The van der Waals surface area contributed by atoms with Gasteiger partial charge in [0.2, 0.25) is 0 Å². The van der Waals surface area contributed by atoms with Gasteiger partial charge in [-0.3, -0.25) is 0 Å². The second-order valence-corrected chi connectivity index (χ2v) is 7.40. The van der Waals surface area contributed by atoms with Gasteiger partial charge in [0.05, 0.1) is 6.61 Å². The fourth-order valence-corrected chi connectivity index (χ4v) is 3.68. The van der Waals surface area contributed by atoms with E-state index < -0.39 is 0 Å². The van der Waals surface area contributed by atoms with E-state index in [1.165, 1.54) is 24.0 Å². The first-order valence-electron chi connectivity index (χ1n) is 7.87. The van der Waals surface area contributed by atoms with E-state index in [1.807, 2.05) is 18.7 Å². The summed E-state index contributed by atoms with van der Waals surface area (Å²) in [5, 5.41) is 3.60. The standard InChI is InChI=1S/C17H25NO2S/c1-4-19-15-8-13-7-12(2)20-16(13)9-14(15)10-18-11-17(21-3)5-6-17/h8-9,12,18H,4-7,10-11H2,1-3H3. The summed E-state index contributed by atoms with van der Waals surface area (Å²) in [6.45, 7) is 6.79. The second-order valence-electron chi connectivity index (χ2n) is 6.12. The number of hydrogen-bond acceptors (Lipinski definition) is 4. The van der Waals surface area contributed by atoms with E-state index in [9.17, 15) is 0 Å². The molecule has 0 saturated heterocycles. The number of ether oxygens (including phenoxy) is 2. The lowest BCUT2D eigenvalue weighted by Crippen LogP contribution is -2.25. The summed E-state index contributed by atoms with van der Waals surface area (Å²) in [4.78, 5) is 0. The van der Waals surface area contributed by atoms with E-state index in [1.54, 1.807) is 0 Å². The maximum absolute atomic E-state index is 5.87. The first-order chi connectivity index (χ1) is 10.2. The SMILES string of the molecule is CCOc1cc2c(cc1CNCC1(SC)CC1)OC(C)C2. The summed E-state index contributed by atoms with van der Waals surface area (Å²) in [5.74, 6) is 2.05. The van der Waals surface area contributed by atoms with Crippen LogP contribution < -0.4 is 14.8 Å². The van der Waals surface area contributed by atoms with Crippen molar-refractivity contribution in [2.24, 2.45) is 0 Å². The van der Waals surface area contributed by atoms with Gasteiger partial charge in [0.1, 0.15) is 17.6 Å². The Morgan fingerprint density at radius 3 is 2.90 bits per heavy atom. The molecule has 3 rings (SSSR count). The molecule has 0 spiro atoms. The van der Waals surface area contributed by atoms with Gasteiger partial charge in [0, 0.05) is 35.4 Å². The third-order valence-electron chi connectivity index (χ3n) is 4.38. The van der Waals surface area contributed by atoms with Crippen LogP contribution in [0.25, 0.3) is 0 Å². The minimum absolute atomic E-state index is 0.281. The molecule has 1 heterocycles. The Morgan fingerprint density at radius 1 is 1.43 bits per heavy atom. The van der Waals surface area contributed by atoms with Crippen LogP contribution in [0, 0.1) is 0 Å². The van der Waals surface area contributed by atoms with E-state index in [0.29, 0.717) is 11.4 Å². The van der Waals surface area contributed by atoms with Crippen LogP contribution in [-0.2, 0) is 13.0 Å². The maximum Gasteiger partial charge on any atom is 0.124 e. The quantitative estimate of drug-likeness (QED) is 0.836. The highest BCUT2D eigenvalue weighted by atomic mass is 32.2. The molecule has 1 unspecified atom stereocenters. The van der Waals surface area contributed by atoms with Gasteiger partial charge >= 0.3 is 0 Å². The zero-order chi connectivity index (χ0) is 14.9. The topological polar surface area (TPSA) is 30.5 Å². The Morgan fingerprint density at radius 2 is 2.24 bits per heavy atom. The summed E-state index contributed by atoms with van der Waals surface area (Å²) in [6.07, 6.45) is 6.15. The number of benzene rings is 1. The molecule has 116 valence electrons. The van der Waals surface area contributed by atoms with E-state index in [0.717, 1.165) is 31.0 Å². The molecule has 1 aliphatic carbocycles. The van der Waals surface area contributed by atoms with Crippen LogP contribution in [0.15, 0.2) is 12.1 Å². The van der Waals surface area contributed by atoms with E-state index in [4.69, 9.17) is 9.47 Å². The van der Waals surface area contributed by atoms with Crippen molar-refractivity contribution in [1.82, 2.24) is 5.32 Å². The lowest BCUT2D eigenvalue weighted by atomic mass is 10.1. The predicted molar refractivity (Wildman–Crippen MR) is 88.6 cm³/mol. The number of hydrogen-bond donors (Lipinski definition) is 1. The van der Waals surface area contributed by atoms with Crippen molar-refractivity contribution in [3.63, 3.8) is 0 Å². The van der Waals surface area contributed by atoms with E-state index >= 15 is 0 Å². The summed E-state index contributed by atoms with van der Waals surface area (Å²) >= 11 is 1.99. The number of fused-ring (bicyclic) bond motifs is 1. The van der Waals surface area contributed by atoms with Gasteiger partial charge in [0.15, 0.2) is 0 Å². The van der Waals surface area contributed by atoms with Gasteiger partial charge in [-0.15, -0.1) is 0 Å². The van der Waals surface area contributed by atoms with Gasteiger partial charge in [-0.05, 0) is 45.1 Å². The van der Waals surface area contributed by atoms with Crippen LogP contribution in [-0.4, -0.2) is 30.3 Å². The van der Waals surface area contributed by atoms with Crippen LogP contribution in [0.1, 0.15) is 37.8 Å². The zero-order valence-corrected chi connectivity index (χ0v) is 14.0. The Kier molecular flexibility index (Phi) is 4.36. The monoisotopic (exact) mass is 307 g/mol. The van der Waals surface area contributed by atoms with Gasteiger partial charge in [-0.2, -0.15) is 11.8 Å². The molecule has 3 nitrogen and oxygen atoms in total. The molecule has 4 heteroatoms.